The van der Waals surface area contributed by atoms with Crippen LogP contribution in [-0.4, -0.2) is 31.1 Å². The molecule has 0 fully saturated rings. The van der Waals surface area contributed by atoms with E-state index in [1.54, 1.807) is 6.92 Å². The summed E-state index contributed by atoms with van der Waals surface area (Å²) in [5.41, 5.74) is -0.637. The fraction of sp³-hybridized carbons (Fsp3) is 0.375. The van der Waals surface area contributed by atoms with Crippen LogP contribution < -0.4 is 20.3 Å². The molecule has 0 spiro atoms. The SMILES string of the molecule is CCOCn1c([Se]c2cc(F)cc(F)c2)c(C(C)C)c(=O)[nH]c1=O. The van der Waals surface area contributed by atoms with Crippen molar-refractivity contribution < 1.29 is 13.5 Å². The van der Waals surface area contributed by atoms with E-state index in [9.17, 15) is 18.4 Å². The molecule has 0 radical (unpaired) electrons. The predicted molar refractivity (Wildman–Crippen MR) is 88.4 cm³/mol. The van der Waals surface area contributed by atoms with Gasteiger partial charge in [0.25, 0.3) is 0 Å². The van der Waals surface area contributed by atoms with Crippen LogP contribution in [0, 0.1) is 11.6 Å². The number of halogens is 2. The average molecular weight is 403 g/mol. The summed E-state index contributed by atoms with van der Waals surface area (Å²) >= 11 is -0.632. The van der Waals surface area contributed by atoms with Gasteiger partial charge >= 0.3 is 143 Å². The van der Waals surface area contributed by atoms with Gasteiger partial charge < -0.3 is 0 Å². The second kappa shape index (κ2) is 7.87. The van der Waals surface area contributed by atoms with Crippen LogP contribution in [0.5, 0.6) is 0 Å². The minimum atomic E-state index is -0.693. The number of rotatable bonds is 6. The average Bonchev–Trinajstić information content (AvgIpc) is 2.45. The van der Waals surface area contributed by atoms with E-state index in [0.29, 0.717) is 21.2 Å². The van der Waals surface area contributed by atoms with E-state index >= 15 is 0 Å². The summed E-state index contributed by atoms with van der Waals surface area (Å²) in [5.74, 6) is -1.54. The Kier molecular flexibility index (Phi) is 6.10. The zero-order valence-corrected chi connectivity index (χ0v) is 15.3. The molecule has 0 aliphatic rings. The number of aromatic amines is 1. The van der Waals surface area contributed by atoms with Crippen LogP contribution in [0.4, 0.5) is 8.78 Å². The summed E-state index contributed by atoms with van der Waals surface area (Å²) in [6.07, 6.45) is 0. The first-order chi connectivity index (χ1) is 11.3. The number of H-pyrrole nitrogens is 1. The van der Waals surface area contributed by atoms with Crippen LogP contribution in [0.1, 0.15) is 32.3 Å². The van der Waals surface area contributed by atoms with Gasteiger partial charge in [-0.1, -0.05) is 0 Å². The Hall–Kier alpha value is -1.76. The number of hydrogen-bond acceptors (Lipinski definition) is 3. The molecule has 8 heteroatoms. The van der Waals surface area contributed by atoms with E-state index < -0.39 is 37.8 Å². The predicted octanol–water partition coefficient (Wildman–Crippen LogP) is 0.587. The molecule has 1 N–H and O–H groups in total. The Morgan fingerprint density at radius 3 is 2.38 bits per heavy atom. The van der Waals surface area contributed by atoms with Crippen LogP contribution in [0.2, 0.25) is 0 Å². The summed E-state index contributed by atoms with van der Waals surface area (Å²) in [5, 5.41) is 0. The molecular weight excluding hydrogens is 385 g/mol. The summed E-state index contributed by atoms with van der Waals surface area (Å²) in [4.78, 5) is 26.6. The first-order valence-electron chi connectivity index (χ1n) is 7.42. The third-order valence-electron chi connectivity index (χ3n) is 3.24. The maximum atomic E-state index is 13.5. The first kappa shape index (κ1) is 18.6. The van der Waals surface area contributed by atoms with Gasteiger partial charge in [-0.05, 0) is 0 Å². The zero-order chi connectivity index (χ0) is 17.9. The van der Waals surface area contributed by atoms with Crippen molar-refractivity contribution in [3.8, 4) is 0 Å². The summed E-state index contributed by atoms with van der Waals surface area (Å²) in [7, 11) is 0. The van der Waals surface area contributed by atoms with E-state index in [2.05, 4.69) is 4.98 Å². The van der Waals surface area contributed by atoms with Gasteiger partial charge in [0.05, 0.1) is 0 Å². The molecule has 0 aliphatic carbocycles. The van der Waals surface area contributed by atoms with Crippen molar-refractivity contribution in [2.75, 3.05) is 6.61 Å². The van der Waals surface area contributed by atoms with E-state index in [-0.39, 0.29) is 12.6 Å². The molecule has 2 rings (SSSR count). The molecule has 2 aromatic rings. The number of nitrogens with one attached hydrogen (secondary N) is 1. The molecule has 0 atom stereocenters. The standard InChI is InChI=1S/C16H18F2N2O3Se/c1-4-23-8-20-15(13(9(2)3)14(21)19-16(20)22)24-12-6-10(17)5-11(18)7-12/h5-7,9H,4,8H2,1-3H3,(H,19,21,22). The fourth-order valence-electron chi connectivity index (χ4n) is 2.18. The normalized spacial score (nSPS) is 11.2. The maximum absolute atomic E-state index is 13.5. The molecular formula is C16H18F2N2O3Se. The van der Waals surface area contributed by atoms with Gasteiger partial charge in [-0.15, -0.1) is 0 Å². The van der Waals surface area contributed by atoms with Crippen molar-refractivity contribution in [3.05, 3.63) is 56.2 Å². The molecule has 1 aromatic carbocycles. The molecule has 0 aliphatic heterocycles. The Bertz CT molecular complexity index is 826. The Morgan fingerprint density at radius 1 is 1.21 bits per heavy atom. The van der Waals surface area contributed by atoms with Crippen LogP contribution in [0.3, 0.4) is 0 Å². The van der Waals surface area contributed by atoms with Gasteiger partial charge in [-0.25, -0.2) is 0 Å². The topological polar surface area (TPSA) is 64.1 Å². The van der Waals surface area contributed by atoms with Crippen LogP contribution >= 0.6 is 0 Å². The third-order valence-corrected chi connectivity index (χ3v) is 5.56. The number of hydrogen-bond donors (Lipinski definition) is 1. The summed E-state index contributed by atoms with van der Waals surface area (Å²) in [6, 6.07) is 3.21. The van der Waals surface area contributed by atoms with E-state index in [4.69, 9.17) is 4.74 Å². The second-order valence-electron chi connectivity index (χ2n) is 5.39. The van der Waals surface area contributed by atoms with Gasteiger partial charge in [0.15, 0.2) is 0 Å². The van der Waals surface area contributed by atoms with Gasteiger partial charge in [0, 0.05) is 0 Å². The molecule has 130 valence electrons. The second-order valence-corrected chi connectivity index (χ2v) is 7.62. The number of benzene rings is 1. The van der Waals surface area contributed by atoms with E-state index in [0.717, 1.165) is 6.07 Å². The van der Waals surface area contributed by atoms with Crippen molar-refractivity contribution in [2.45, 2.75) is 33.4 Å². The monoisotopic (exact) mass is 404 g/mol. The first-order valence-corrected chi connectivity index (χ1v) is 9.13. The van der Waals surface area contributed by atoms with Crippen LogP contribution in [0.15, 0.2) is 27.8 Å². The molecule has 0 saturated heterocycles. The molecule has 1 heterocycles. The van der Waals surface area contributed by atoms with Crippen LogP contribution in [0.25, 0.3) is 0 Å². The zero-order valence-electron chi connectivity index (χ0n) is 13.6. The third kappa shape index (κ3) is 4.20. The van der Waals surface area contributed by atoms with Gasteiger partial charge in [0.1, 0.15) is 0 Å². The number of aromatic nitrogens is 2. The van der Waals surface area contributed by atoms with E-state index in [1.807, 2.05) is 13.8 Å². The molecule has 0 bridgehead atoms. The van der Waals surface area contributed by atoms with Crippen molar-refractivity contribution >= 4 is 24.0 Å². The Labute approximate surface area is 143 Å². The van der Waals surface area contributed by atoms with Gasteiger partial charge in [-0.3, -0.25) is 0 Å². The number of nitrogens with zero attached hydrogens (tertiary/aromatic N) is 1. The molecule has 1 aromatic heterocycles. The minimum absolute atomic E-state index is 0.0271. The van der Waals surface area contributed by atoms with Crippen molar-refractivity contribution in [1.29, 1.82) is 0 Å². The fourth-order valence-corrected chi connectivity index (χ4v) is 4.81. The Balaban J connectivity index is 2.63. The van der Waals surface area contributed by atoms with Crippen LogP contribution in [-0.2, 0) is 11.5 Å². The Morgan fingerprint density at radius 2 is 1.83 bits per heavy atom. The molecule has 24 heavy (non-hydrogen) atoms. The quantitative estimate of drug-likeness (QED) is 0.719. The van der Waals surface area contributed by atoms with Crippen molar-refractivity contribution in [3.63, 3.8) is 0 Å². The van der Waals surface area contributed by atoms with Crippen molar-refractivity contribution in [1.82, 2.24) is 9.55 Å². The molecule has 0 unspecified atom stereocenters. The summed E-state index contributed by atoms with van der Waals surface area (Å²) in [6.45, 7) is 5.80. The van der Waals surface area contributed by atoms with E-state index in [1.165, 1.54) is 16.7 Å². The van der Waals surface area contributed by atoms with Gasteiger partial charge in [0.2, 0.25) is 0 Å². The molecule has 0 amide bonds. The number of ether oxygens (including phenoxy) is 1. The van der Waals surface area contributed by atoms with Gasteiger partial charge in [-0.2, -0.15) is 0 Å². The van der Waals surface area contributed by atoms with Crippen molar-refractivity contribution in [2.24, 2.45) is 0 Å². The molecule has 0 saturated carbocycles. The molecule has 5 nitrogen and oxygen atoms in total. The summed E-state index contributed by atoms with van der Waals surface area (Å²) < 4.78 is 34.4.